The minimum absolute atomic E-state index is 0.0248. The Kier molecular flexibility index (Phi) is 2.58. The van der Waals surface area contributed by atoms with Gasteiger partial charge in [0.15, 0.2) is 0 Å². The van der Waals surface area contributed by atoms with Crippen molar-refractivity contribution in [3.63, 3.8) is 0 Å². The van der Waals surface area contributed by atoms with E-state index in [1.165, 1.54) is 6.42 Å². The molecule has 2 aliphatic rings. The third-order valence-electron chi connectivity index (χ3n) is 3.38. The van der Waals surface area contributed by atoms with E-state index in [0.29, 0.717) is 0 Å². The first-order valence-corrected chi connectivity index (χ1v) is 5.32. The fourth-order valence-electron chi connectivity index (χ4n) is 2.17. The van der Waals surface area contributed by atoms with Gasteiger partial charge in [0.1, 0.15) is 0 Å². The van der Waals surface area contributed by atoms with Crippen molar-refractivity contribution in [3.8, 4) is 0 Å². The van der Waals surface area contributed by atoms with Gasteiger partial charge in [-0.2, -0.15) is 0 Å². The fourth-order valence-corrected chi connectivity index (χ4v) is 2.17. The van der Waals surface area contributed by atoms with Gasteiger partial charge in [-0.25, -0.2) is 0 Å². The molecule has 2 fully saturated rings. The van der Waals surface area contributed by atoms with Crippen molar-refractivity contribution in [3.05, 3.63) is 0 Å². The lowest BCUT2D eigenvalue weighted by Gasteiger charge is -2.31. The van der Waals surface area contributed by atoms with Gasteiger partial charge < -0.3 is 15.5 Å². The highest BCUT2D eigenvalue weighted by Gasteiger charge is 2.44. The van der Waals surface area contributed by atoms with Crippen molar-refractivity contribution in [1.82, 2.24) is 5.32 Å². The Bertz CT molecular complexity index is 180. The zero-order valence-corrected chi connectivity index (χ0v) is 8.00. The third kappa shape index (κ3) is 2.03. The summed E-state index contributed by atoms with van der Waals surface area (Å²) in [7, 11) is 0. The molecule has 2 saturated carbocycles. The molecular weight excluding hydrogens is 166 g/mol. The summed E-state index contributed by atoms with van der Waals surface area (Å²) >= 11 is 0. The van der Waals surface area contributed by atoms with E-state index in [1.54, 1.807) is 0 Å². The zero-order chi connectivity index (χ0) is 9.31. The van der Waals surface area contributed by atoms with Crippen molar-refractivity contribution in [2.24, 2.45) is 0 Å². The molecule has 2 rings (SSSR count). The standard InChI is InChI=1S/C10H19NO2/c12-7-10(5-6-10)11-8-3-1-2-4-9(8)13/h8-9,11-13H,1-7H2/t8-,9-/m0/s1. The summed E-state index contributed by atoms with van der Waals surface area (Å²) in [6.07, 6.45) is 6.25. The maximum absolute atomic E-state index is 9.71. The summed E-state index contributed by atoms with van der Waals surface area (Å²) in [5.41, 5.74) is -0.0248. The van der Waals surface area contributed by atoms with Gasteiger partial charge in [0.25, 0.3) is 0 Å². The Morgan fingerprint density at radius 3 is 2.46 bits per heavy atom. The van der Waals surface area contributed by atoms with E-state index in [9.17, 15) is 5.11 Å². The number of nitrogens with one attached hydrogen (secondary N) is 1. The molecule has 0 saturated heterocycles. The highest BCUT2D eigenvalue weighted by atomic mass is 16.3. The van der Waals surface area contributed by atoms with E-state index in [2.05, 4.69) is 5.32 Å². The summed E-state index contributed by atoms with van der Waals surface area (Å²) < 4.78 is 0. The van der Waals surface area contributed by atoms with Crippen molar-refractivity contribution in [2.75, 3.05) is 6.61 Å². The average molecular weight is 185 g/mol. The van der Waals surface area contributed by atoms with Gasteiger partial charge in [-0.3, -0.25) is 0 Å². The van der Waals surface area contributed by atoms with E-state index in [-0.39, 0.29) is 24.3 Å². The molecule has 3 nitrogen and oxygen atoms in total. The van der Waals surface area contributed by atoms with E-state index >= 15 is 0 Å². The van der Waals surface area contributed by atoms with Crippen LogP contribution in [0, 0.1) is 0 Å². The molecule has 0 spiro atoms. The fraction of sp³-hybridized carbons (Fsp3) is 1.00. The molecule has 0 aromatic rings. The lowest BCUT2D eigenvalue weighted by atomic mass is 9.92. The van der Waals surface area contributed by atoms with Crippen LogP contribution >= 0.6 is 0 Å². The Balaban J connectivity index is 1.85. The monoisotopic (exact) mass is 185 g/mol. The smallest absolute Gasteiger partial charge is 0.0693 e. The molecule has 76 valence electrons. The van der Waals surface area contributed by atoms with Crippen LogP contribution in [-0.4, -0.2) is 34.5 Å². The van der Waals surface area contributed by atoms with Crippen LogP contribution in [0.1, 0.15) is 38.5 Å². The van der Waals surface area contributed by atoms with E-state index < -0.39 is 0 Å². The molecule has 0 aromatic heterocycles. The molecule has 0 unspecified atom stereocenters. The highest BCUT2D eigenvalue weighted by Crippen LogP contribution is 2.36. The van der Waals surface area contributed by atoms with Crippen molar-refractivity contribution in [2.45, 2.75) is 56.2 Å². The molecule has 0 radical (unpaired) electrons. The molecule has 2 atom stereocenters. The molecular formula is C10H19NO2. The van der Waals surface area contributed by atoms with Gasteiger partial charge in [0.2, 0.25) is 0 Å². The predicted molar refractivity (Wildman–Crippen MR) is 50.4 cm³/mol. The van der Waals surface area contributed by atoms with Crippen molar-refractivity contribution in [1.29, 1.82) is 0 Å². The molecule has 3 N–H and O–H groups in total. The van der Waals surface area contributed by atoms with Crippen LogP contribution in [0.15, 0.2) is 0 Å². The summed E-state index contributed by atoms with van der Waals surface area (Å²) in [4.78, 5) is 0. The second-order valence-corrected chi connectivity index (χ2v) is 4.54. The molecule has 0 aromatic carbocycles. The topological polar surface area (TPSA) is 52.5 Å². The summed E-state index contributed by atoms with van der Waals surface area (Å²) in [5.74, 6) is 0. The third-order valence-corrected chi connectivity index (χ3v) is 3.38. The number of hydrogen-bond acceptors (Lipinski definition) is 3. The molecule has 0 heterocycles. The highest BCUT2D eigenvalue weighted by molar-refractivity contribution is 5.04. The average Bonchev–Trinajstić information content (AvgIpc) is 2.90. The van der Waals surface area contributed by atoms with Crippen LogP contribution in [0.5, 0.6) is 0 Å². The molecule has 13 heavy (non-hydrogen) atoms. The summed E-state index contributed by atoms with van der Waals surface area (Å²) in [5, 5.41) is 22.2. The van der Waals surface area contributed by atoms with Gasteiger partial charge in [-0.1, -0.05) is 12.8 Å². The Labute approximate surface area is 79.2 Å². The summed E-state index contributed by atoms with van der Waals surface area (Å²) in [6.45, 7) is 0.218. The first-order chi connectivity index (χ1) is 6.26. The predicted octanol–water partition coefficient (Wildman–Crippen LogP) is 0.404. The normalized spacial score (nSPS) is 37.4. The lowest BCUT2D eigenvalue weighted by molar-refractivity contribution is 0.0750. The van der Waals surface area contributed by atoms with Gasteiger partial charge >= 0.3 is 0 Å². The van der Waals surface area contributed by atoms with Crippen molar-refractivity contribution < 1.29 is 10.2 Å². The van der Waals surface area contributed by atoms with E-state index in [4.69, 9.17) is 5.11 Å². The molecule has 2 aliphatic carbocycles. The van der Waals surface area contributed by atoms with Gasteiger partial charge in [0, 0.05) is 11.6 Å². The Morgan fingerprint density at radius 1 is 1.23 bits per heavy atom. The number of hydrogen-bond donors (Lipinski definition) is 3. The summed E-state index contributed by atoms with van der Waals surface area (Å²) in [6, 6.07) is 0.225. The maximum Gasteiger partial charge on any atom is 0.0693 e. The van der Waals surface area contributed by atoms with Crippen LogP contribution < -0.4 is 5.32 Å². The lowest BCUT2D eigenvalue weighted by Crippen LogP contribution is -2.49. The van der Waals surface area contributed by atoms with Crippen LogP contribution in [-0.2, 0) is 0 Å². The van der Waals surface area contributed by atoms with E-state index in [0.717, 1.165) is 32.1 Å². The van der Waals surface area contributed by atoms with Crippen LogP contribution in [0.4, 0.5) is 0 Å². The Morgan fingerprint density at radius 2 is 1.92 bits per heavy atom. The number of aliphatic hydroxyl groups is 2. The van der Waals surface area contributed by atoms with Crippen LogP contribution in [0.2, 0.25) is 0 Å². The first kappa shape index (κ1) is 9.44. The molecule has 0 amide bonds. The molecule has 0 bridgehead atoms. The van der Waals surface area contributed by atoms with E-state index in [1.807, 2.05) is 0 Å². The minimum atomic E-state index is -0.197. The second-order valence-electron chi connectivity index (χ2n) is 4.54. The van der Waals surface area contributed by atoms with Gasteiger partial charge in [-0.15, -0.1) is 0 Å². The quantitative estimate of drug-likeness (QED) is 0.596. The van der Waals surface area contributed by atoms with Crippen LogP contribution in [0.25, 0.3) is 0 Å². The second kappa shape index (κ2) is 3.56. The van der Waals surface area contributed by atoms with Gasteiger partial charge in [0.05, 0.1) is 12.7 Å². The Hall–Kier alpha value is -0.120. The first-order valence-electron chi connectivity index (χ1n) is 5.32. The van der Waals surface area contributed by atoms with Gasteiger partial charge in [-0.05, 0) is 25.7 Å². The molecule has 3 heteroatoms. The SMILES string of the molecule is OCC1(N[C@H]2CCCC[C@@H]2O)CC1. The maximum atomic E-state index is 9.71. The number of aliphatic hydroxyl groups excluding tert-OH is 2. The van der Waals surface area contributed by atoms with Crippen molar-refractivity contribution >= 4 is 0 Å². The number of rotatable bonds is 3. The molecule has 0 aliphatic heterocycles. The largest absolute Gasteiger partial charge is 0.394 e. The zero-order valence-electron chi connectivity index (χ0n) is 8.00. The minimum Gasteiger partial charge on any atom is -0.394 e. The van der Waals surface area contributed by atoms with Crippen LogP contribution in [0.3, 0.4) is 0 Å².